The van der Waals surface area contributed by atoms with Crippen LogP contribution in [0.5, 0.6) is 0 Å². The summed E-state index contributed by atoms with van der Waals surface area (Å²) in [5.74, 6) is -0.241. The summed E-state index contributed by atoms with van der Waals surface area (Å²) in [7, 11) is -3.34. The third-order valence-corrected chi connectivity index (χ3v) is 5.67. The van der Waals surface area contributed by atoms with Crippen LogP contribution < -0.4 is 4.72 Å². The molecule has 6 heteroatoms. The van der Waals surface area contributed by atoms with Crippen molar-refractivity contribution in [2.75, 3.05) is 12.3 Å². The van der Waals surface area contributed by atoms with E-state index in [1.54, 1.807) is 6.07 Å². The van der Waals surface area contributed by atoms with E-state index in [2.05, 4.69) is 9.71 Å². The molecule has 2 aromatic carbocycles. The van der Waals surface area contributed by atoms with Crippen molar-refractivity contribution in [2.45, 2.75) is 19.8 Å². The van der Waals surface area contributed by atoms with E-state index in [9.17, 15) is 12.8 Å². The van der Waals surface area contributed by atoms with E-state index in [1.165, 1.54) is 12.1 Å². The fraction of sp³-hybridized carbons (Fsp3) is 0.263. The van der Waals surface area contributed by atoms with Gasteiger partial charge in [0.2, 0.25) is 10.0 Å². The fourth-order valence-electron chi connectivity index (χ4n) is 2.98. The van der Waals surface area contributed by atoms with Crippen LogP contribution in [0.15, 0.2) is 48.5 Å². The molecule has 0 bridgehead atoms. The number of aromatic nitrogens is 1. The highest BCUT2D eigenvalue weighted by Gasteiger charge is 2.13. The van der Waals surface area contributed by atoms with Crippen molar-refractivity contribution in [3.63, 3.8) is 0 Å². The molecule has 0 unspecified atom stereocenters. The predicted octanol–water partition coefficient (Wildman–Crippen LogP) is 3.32. The van der Waals surface area contributed by atoms with E-state index < -0.39 is 10.0 Å². The molecule has 4 nitrogen and oxygen atoms in total. The molecule has 25 heavy (non-hydrogen) atoms. The molecule has 0 radical (unpaired) electrons. The number of benzene rings is 2. The van der Waals surface area contributed by atoms with Gasteiger partial charge in [0, 0.05) is 23.1 Å². The number of halogens is 1. The zero-order chi connectivity index (χ0) is 17.9. The molecule has 0 fully saturated rings. The van der Waals surface area contributed by atoms with Crippen LogP contribution in [-0.2, 0) is 22.9 Å². The standard InChI is InChI=1S/C19H21FN2O2S/c1-14-17(18-13-16(20)7-8-19(18)22-14)9-11-21-25(23,24)12-10-15-5-3-2-4-6-15/h2-8,13,21-22H,9-12H2,1H3. The number of H-pyrrole nitrogens is 1. The number of hydrogen-bond acceptors (Lipinski definition) is 2. The summed E-state index contributed by atoms with van der Waals surface area (Å²) in [6.45, 7) is 2.21. The maximum Gasteiger partial charge on any atom is 0.211 e. The van der Waals surface area contributed by atoms with Crippen LogP contribution >= 0.6 is 0 Å². The maximum absolute atomic E-state index is 13.5. The van der Waals surface area contributed by atoms with Gasteiger partial charge in [0.15, 0.2) is 0 Å². The van der Waals surface area contributed by atoms with Gasteiger partial charge in [-0.25, -0.2) is 17.5 Å². The van der Waals surface area contributed by atoms with Gasteiger partial charge in [-0.2, -0.15) is 0 Å². The van der Waals surface area contributed by atoms with Crippen LogP contribution in [0.4, 0.5) is 4.39 Å². The highest BCUT2D eigenvalue weighted by Crippen LogP contribution is 2.23. The number of hydrogen-bond donors (Lipinski definition) is 2. The van der Waals surface area contributed by atoms with Gasteiger partial charge in [0.25, 0.3) is 0 Å². The van der Waals surface area contributed by atoms with Gasteiger partial charge in [-0.3, -0.25) is 0 Å². The summed E-state index contributed by atoms with van der Waals surface area (Å²) in [4.78, 5) is 3.20. The van der Waals surface area contributed by atoms with Crippen molar-refractivity contribution in [3.05, 3.63) is 71.2 Å². The summed E-state index contributed by atoms with van der Waals surface area (Å²) in [6, 6.07) is 14.1. The number of rotatable bonds is 7. The molecule has 0 aliphatic heterocycles. The molecule has 3 aromatic rings. The number of aryl methyl sites for hydroxylation is 2. The van der Waals surface area contributed by atoms with E-state index >= 15 is 0 Å². The first kappa shape index (κ1) is 17.6. The lowest BCUT2D eigenvalue weighted by molar-refractivity contribution is 0.581. The monoisotopic (exact) mass is 360 g/mol. The molecule has 0 aliphatic carbocycles. The lowest BCUT2D eigenvalue weighted by atomic mass is 10.1. The average molecular weight is 360 g/mol. The Labute approximate surface area is 147 Å². The summed E-state index contributed by atoms with van der Waals surface area (Å²) in [5.41, 5.74) is 3.74. The van der Waals surface area contributed by atoms with E-state index in [0.717, 1.165) is 27.7 Å². The van der Waals surface area contributed by atoms with Crippen molar-refractivity contribution in [1.82, 2.24) is 9.71 Å². The Morgan fingerprint density at radius 3 is 2.60 bits per heavy atom. The molecule has 0 saturated carbocycles. The largest absolute Gasteiger partial charge is 0.358 e. The minimum atomic E-state index is -3.34. The number of sulfonamides is 1. The number of nitrogens with one attached hydrogen (secondary N) is 2. The van der Waals surface area contributed by atoms with Crippen LogP contribution in [-0.4, -0.2) is 25.7 Å². The Morgan fingerprint density at radius 1 is 1.08 bits per heavy atom. The topological polar surface area (TPSA) is 62.0 Å². The minimum Gasteiger partial charge on any atom is -0.358 e. The van der Waals surface area contributed by atoms with Crippen molar-refractivity contribution >= 4 is 20.9 Å². The molecular formula is C19H21FN2O2S. The van der Waals surface area contributed by atoms with E-state index in [4.69, 9.17) is 0 Å². The van der Waals surface area contributed by atoms with E-state index in [-0.39, 0.29) is 11.6 Å². The molecule has 0 amide bonds. The summed E-state index contributed by atoms with van der Waals surface area (Å²) >= 11 is 0. The van der Waals surface area contributed by atoms with Gasteiger partial charge in [-0.15, -0.1) is 0 Å². The Morgan fingerprint density at radius 2 is 1.84 bits per heavy atom. The fourth-order valence-corrected chi connectivity index (χ4v) is 4.04. The Hall–Kier alpha value is -2.18. The first-order chi connectivity index (χ1) is 11.9. The van der Waals surface area contributed by atoms with Crippen molar-refractivity contribution in [3.8, 4) is 0 Å². The molecule has 0 saturated heterocycles. The molecular weight excluding hydrogens is 339 g/mol. The van der Waals surface area contributed by atoms with Crippen LogP contribution in [0, 0.1) is 12.7 Å². The van der Waals surface area contributed by atoms with Gasteiger partial charge in [-0.1, -0.05) is 30.3 Å². The summed E-state index contributed by atoms with van der Waals surface area (Å²) in [6.07, 6.45) is 0.993. The number of aromatic amines is 1. The summed E-state index contributed by atoms with van der Waals surface area (Å²) in [5, 5.41) is 0.806. The molecule has 0 aliphatic rings. The third-order valence-electron chi connectivity index (χ3n) is 4.28. The smallest absolute Gasteiger partial charge is 0.211 e. The van der Waals surface area contributed by atoms with Crippen molar-refractivity contribution in [2.24, 2.45) is 0 Å². The Kier molecular flexibility index (Phi) is 5.20. The first-order valence-corrected chi connectivity index (χ1v) is 9.88. The quantitative estimate of drug-likeness (QED) is 0.679. The van der Waals surface area contributed by atoms with Gasteiger partial charge >= 0.3 is 0 Å². The van der Waals surface area contributed by atoms with Crippen LogP contribution in [0.3, 0.4) is 0 Å². The molecule has 0 atom stereocenters. The number of fused-ring (bicyclic) bond motifs is 1. The maximum atomic E-state index is 13.5. The van der Waals surface area contributed by atoms with Crippen LogP contribution in [0.2, 0.25) is 0 Å². The average Bonchev–Trinajstić information content (AvgIpc) is 2.89. The van der Waals surface area contributed by atoms with Crippen LogP contribution in [0.25, 0.3) is 10.9 Å². The molecule has 0 spiro atoms. The lowest BCUT2D eigenvalue weighted by Gasteiger charge is -2.07. The minimum absolute atomic E-state index is 0.0541. The predicted molar refractivity (Wildman–Crippen MR) is 98.6 cm³/mol. The second-order valence-electron chi connectivity index (χ2n) is 6.12. The molecule has 2 N–H and O–H groups in total. The third kappa shape index (κ3) is 4.46. The molecule has 1 aromatic heterocycles. The second kappa shape index (κ2) is 7.37. The first-order valence-electron chi connectivity index (χ1n) is 8.22. The molecule has 3 rings (SSSR count). The zero-order valence-electron chi connectivity index (χ0n) is 14.0. The van der Waals surface area contributed by atoms with Gasteiger partial charge in [0.05, 0.1) is 5.75 Å². The van der Waals surface area contributed by atoms with E-state index in [0.29, 0.717) is 19.4 Å². The van der Waals surface area contributed by atoms with Gasteiger partial charge in [0.1, 0.15) is 5.82 Å². The van der Waals surface area contributed by atoms with Crippen molar-refractivity contribution in [1.29, 1.82) is 0 Å². The van der Waals surface area contributed by atoms with Crippen molar-refractivity contribution < 1.29 is 12.8 Å². The molecule has 1 heterocycles. The van der Waals surface area contributed by atoms with Gasteiger partial charge < -0.3 is 4.98 Å². The lowest BCUT2D eigenvalue weighted by Crippen LogP contribution is -2.29. The van der Waals surface area contributed by atoms with E-state index in [1.807, 2.05) is 37.3 Å². The van der Waals surface area contributed by atoms with Crippen LogP contribution in [0.1, 0.15) is 16.8 Å². The van der Waals surface area contributed by atoms with Gasteiger partial charge in [-0.05, 0) is 49.1 Å². The Bertz CT molecular complexity index is 966. The second-order valence-corrected chi connectivity index (χ2v) is 8.04. The zero-order valence-corrected chi connectivity index (χ0v) is 14.9. The SMILES string of the molecule is Cc1[nH]c2ccc(F)cc2c1CCNS(=O)(=O)CCc1ccccc1. The Balaban J connectivity index is 1.60. The normalized spacial score (nSPS) is 11.9. The highest BCUT2D eigenvalue weighted by molar-refractivity contribution is 7.89. The summed E-state index contributed by atoms with van der Waals surface area (Å²) < 4.78 is 40.4. The highest BCUT2D eigenvalue weighted by atomic mass is 32.2. The molecule has 132 valence electrons.